The minimum atomic E-state index is 0.0343. The number of hydrogen-bond acceptors (Lipinski definition) is 4. The van der Waals surface area contributed by atoms with Crippen molar-refractivity contribution in [2.45, 2.75) is 33.2 Å². The minimum absolute atomic E-state index is 0.0343. The Morgan fingerprint density at radius 2 is 2.14 bits per heavy atom. The molecule has 0 spiro atoms. The van der Waals surface area contributed by atoms with E-state index in [2.05, 4.69) is 23.5 Å². The molecule has 0 radical (unpaired) electrons. The molecule has 0 aliphatic carbocycles. The third kappa shape index (κ3) is 3.43. The van der Waals surface area contributed by atoms with Crippen LogP contribution in [0.2, 0.25) is 0 Å². The quantitative estimate of drug-likeness (QED) is 0.631. The topological polar surface area (TPSA) is 65.1 Å². The molecule has 3 N–H and O–H groups in total. The summed E-state index contributed by atoms with van der Waals surface area (Å²) >= 11 is 0. The van der Waals surface area contributed by atoms with Gasteiger partial charge in [-0.15, -0.1) is 0 Å². The van der Waals surface area contributed by atoms with Crippen LogP contribution in [0.1, 0.15) is 35.5 Å². The summed E-state index contributed by atoms with van der Waals surface area (Å²) in [5, 5.41) is 4.46. The maximum Gasteiger partial charge on any atom is 0.119 e. The van der Waals surface area contributed by atoms with Crippen LogP contribution in [-0.2, 0) is 13.5 Å². The van der Waals surface area contributed by atoms with Crippen molar-refractivity contribution in [2.24, 2.45) is 12.9 Å². The number of nitrogens with one attached hydrogen (secondary N) is 1. The maximum absolute atomic E-state index is 5.77. The lowest BCUT2D eigenvalue weighted by Gasteiger charge is -2.17. The molecule has 1 aromatic carbocycles. The van der Waals surface area contributed by atoms with E-state index in [1.165, 1.54) is 11.3 Å². The summed E-state index contributed by atoms with van der Waals surface area (Å²) in [5.41, 5.74) is 7.49. The molecule has 2 rings (SSSR count). The van der Waals surface area contributed by atoms with Gasteiger partial charge in [0.1, 0.15) is 5.75 Å². The average Bonchev–Trinajstić information content (AvgIpc) is 2.71. The molecule has 5 nitrogen and oxygen atoms in total. The van der Waals surface area contributed by atoms with Crippen LogP contribution in [0.25, 0.3) is 0 Å². The summed E-state index contributed by atoms with van der Waals surface area (Å²) in [7, 11) is 1.96. The highest BCUT2D eigenvalue weighted by atomic mass is 16.5. The van der Waals surface area contributed by atoms with Crippen LogP contribution in [0.3, 0.4) is 0 Å². The van der Waals surface area contributed by atoms with Gasteiger partial charge in [-0.1, -0.05) is 12.1 Å². The predicted octanol–water partition coefficient (Wildman–Crippen LogP) is 2.18. The van der Waals surface area contributed by atoms with E-state index in [1.807, 2.05) is 43.8 Å². The zero-order valence-electron chi connectivity index (χ0n) is 13.2. The Kier molecular flexibility index (Phi) is 4.98. The van der Waals surface area contributed by atoms with Gasteiger partial charge in [-0.3, -0.25) is 16.0 Å². The van der Waals surface area contributed by atoms with Crippen LogP contribution in [0, 0.1) is 13.8 Å². The van der Waals surface area contributed by atoms with Gasteiger partial charge in [0.25, 0.3) is 0 Å². The van der Waals surface area contributed by atoms with Gasteiger partial charge >= 0.3 is 0 Å². The third-order valence-electron chi connectivity index (χ3n) is 3.84. The molecule has 1 atom stereocenters. The molecule has 5 heteroatoms. The van der Waals surface area contributed by atoms with Crippen molar-refractivity contribution >= 4 is 0 Å². The summed E-state index contributed by atoms with van der Waals surface area (Å²) in [6.45, 7) is 6.75. The van der Waals surface area contributed by atoms with Gasteiger partial charge in [0.05, 0.1) is 18.3 Å². The van der Waals surface area contributed by atoms with E-state index >= 15 is 0 Å². The van der Waals surface area contributed by atoms with Gasteiger partial charge in [-0.2, -0.15) is 5.10 Å². The molecular weight excluding hydrogens is 264 g/mol. The number of benzene rings is 1. The number of nitrogens with two attached hydrogens (primary N) is 1. The molecule has 1 unspecified atom stereocenters. The van der Waals surface area contributed by atoms with Gasteiger partial charge in [0.15, 0.2) is 0 Å². The molecule has 0 saturated carbocycles. The molecule has 1 aromatic heterocycles. The lowest BCUT2D eigenvalue weighted by molar-refractivity contribution is 0.339. The van der Waals surface area contributed by atoms with Crippen molar-refractivity contribution in [3.63, 3.8) is 0 Å². The van der Waals surface area contributed by atoms with Crippen molar-refractivity contribution in [1.82, 2.24) is 15.2 Å². The Morgan fingerprint density at radius 3 is 2.71 bits per heavy atom. The molecule has 0 fully saturated rings. The van der Waals surface area contributed by atoms with Gasteiger partial charge < -0.3 is 4.74 Å². The SMILES string of the molecule is CCOc1cccc(C(Cc2c(C)nn(C)c2C)NN)c1. The van der Waals surface area contributed by atoms with Crippen LogP contribution in [0.4, 0.5) is 0 Å². The molecule has 0 saturated heterocycles. The highest BCUT2D eigenvalue weighted by molar-refractivity contribution is 5.33. The zero-order valence-corrected chi connectivity index (χ0v) is 13.2. The van der Waals surface area contributed by atoms with Gasteiger partial charge in [0, 0.05) is 12.7 Å². The smallest absolute Gasteiger partial charge is 0.119 e. The Balaban J connectivity index is 2.25. The van der Waals surface area contributed by atoms with Crippen LogP contribution < -0.4 is 16.0 Å². The van der Waals surface area contributed by atoms with E-state index in [1.54, 1.807) is 0 Å². The first kappa shape index (κ1) is 15.5. The third-order valence-corrected chi connectivity index (χ3v) is 3.84. The first-order valence-corrected chi connectivity index (χ1v) is 7.24. The van der Waals surface area contributed by atoms with Crippen molar-refractivity contribution in [2.75, 3.05) is 6.61 Å². The Bertz CT molecular complexity index is 606. The van der Waals surface area contributed by atoms with Crippen molar-refractivity contribution < 1.29 is 4.74 Å². The summed E-state index contributed by atoms with van der Waals surface area (Å²) in [5.74, 6) is 6.64. The lowest BCUT2D eigenvalue weighted by Crippen LogP contribution is -2.29. The first-order chi connectivity index (χ1) is 10.1. The molecule has 21 heavy (non-hydrogen) atoms. The largest absolute Gasteiger partial charge is 0.494 e. The number of rotatable bonds is 6. The molecule has 1 heterocycles. The van der Waals surface area contributed by atoms with E-state index in [9.17, 15) is 0 Å². The second kappa shape index (κ2) is 6.74. The number of aryl methyl sites for hydroxylation is 2. The Hall–Kier alpha value is -1.85. The number of nitrogens with zero attached hydrogens (tertiary/aromatic N) is 2. The van der Waals surface area contributed by atoms with Gasteiger partial charge in [0.2, 0.25) is 0 Å². The number of hydrogen-bond donors (Lipinski definition) is 2. The lowest BCUT2D eigenvalue weighted by atomic mass is 9.98. The predicted molar refractivity (Wildman–Crippen MR) is 84.1 cm³/mol. The van der Waals surface area contributed by atoms with Crippen molar-refractivity contribution in [1.29, 1.82) is 0 Å². The average molecular weight is 288 g/mol. The van der Waals surface area contributed by atoms with Gasteiger partial charge in [-0.25, -0.2) is 0 Å². The van der Waals surface area contributed by atoms with Gasteiger partial charge in [-0.05, 0) is 50.5 Å². The fraction of sp³-hybridized carbons (Fsp3) is 0.438. The Morgan fingerprint density at radius 1 is 1.38 bits per heavy atom. The van der Waals surface area contributed by atoms with E-state index in [-0.39, 0.29) is 6.04 Å². The summed E-state index contributed by atoms with van der Waals surface area (Å²) in [4.78, 5) is 0. The summed E-state index contributed by atoms with van der Waals surface area (Å²) in [6, 6.07) is 8.09. The second-order valence-electron chi connectivity index (χ2n) is 5.20. The summed E-state index contributed by atoms with van der Waals surface area (Å²) in [6.07, 6.45) is 0.803. The van der Waals surface area contributed by atoms with Crippen LogP contribution in [0.15, 0.2) is 24.3 Å². The monoisotopic (exact) mass is 288 g/mol. The molecule has 114 valence electrons. The molecule has 0 aliphatic rings. The fourth-order valence-corrected chi connectivity index (χ4v) is 2.58. The molecular formula is C16H24N4O. The van der Waals surface area contributed by atoms with E-state index < -0.39 is 0 Å². The van der Waals surface area contributed by atoms with Crippen LogP contribution in [-0.4, -0.2) is 16.4 Å². The minimum Gasteiger partial charge on any atom is -0.494 e. The van der Waals surface area contributed by atoms with E-state index in [0.29, 0.717) is 6.61 Å². The maximum atomic E-state index is 5.77. The fourth-order valence-electron chi connectivity index (χ4n) is 2.58. The number of hydrazine groups is 1. The number of aromatic nitrogens is 2. The van der Waals surface area contributed by atoms with E-state index in [0.717, 1.165) is 23.4 Å². The molecule has 0 bridgehead atoms. The molecule has 0 aliphatic heterocycles. The molecule has 2 aromatic rings. The Labute approximate surface area is 126 Å². The van der Waals surface area contributed by atoms with Crippen molar-refractivity contribution in [3.05, 3.63) is 46.8 Å². The highest BCUT2D eigenvalue weighted by Crippen LogP contribution is 2.24. The zero-order chi connectivity index (χ0) is 15.4. The van der Waals surface area contributed by atoms with Crippen LogP contribution in [0.5, 0.6) is 5.75 Å². The highest BCUT2D eigenvalue weighted by Gasteiger charge is 2.17. The van der Waals surface area contributed by atoms with E-state index in [4.69, 9.17) is 10.6 Å². The van der Waals surface area contributed by atoms with Crippen molar-refractivity contribution in [3.8, 4) is 5.75 Å². The number of ether oxygens (including phenoxy) is 1. The second-order valence-corrected chi connectivity index (χ2v) is 5.20. The normalized spacial score (nSPS) is 12.4. The summed E-state index contributed by atoms with van der Waals surface area (Å²) < 4.78 is 7.47. The first-order valence-electron chi connectivity index (χ1n) is 7.24. The standard InChI is InChI=1S/C16H24N4O/c1-5-21-14-8-6-7-13(9-14)16(18-17)10-15-11(2)19-20(4)12(15)3/h6-9,16,18H,5,10,17H2,1-4H3. The van der Waals surface area contributed by atoms with Crippen LogP contribution >= 0.6 is 0 Å². The molecule has 0 amide bonds.